The van der Waals surface area contributed by atoms with Crippen LogP contribution in [0.1, 0.15) is 44.5 Å². The van der Waals surface area contributed by atoms with E-state index in [-0.39, 0.29) is 17.2 Å². The number of carbonyl (C=O) groups excluding carboxylic acids is 1. The van der Waals surface area contributed by atoms with E-state index in [0.717, 1.165) is 19.5 Å². The van der Waals surface area contributed by atoms with Crippen LogP contribution in [0, 0.1) is 5.92 Å². The zero-order valence-electron chi connectivity index (χ0n) is 18.3. The summed E-state index contributed by atoms with van der Waals surface area (Å²) >= 11 is 0. The lowest BCUT2D eigenvalue weighted by atomic mass is 9.97. The van der Waals surface area contributed by atoms with E-state index in [1.165, 1.54) is 5.56 Å². The van der Waals surface area contributed by atoms with Crippen LogP contribution in [-0.2, 0) is 23.2 Å². The first-order valence-corrected chi connectivity index (χ1v) is 10.4. The number of benzene rings is 1. The number of aromatic nitrogens is 2. The van der Waals surface area contributed by atoms with Crippen LogP contribution in [0.4, 0.5) is 0 Å². The molecule has 0 radical (unpaired) electrons. The number of hydrogen-bond acceptors (Lipinski definition) is 5. The lowest BCUT2D eigenvalue weighted by Crippen LogP contribution is -2.40. The fourth-order valence-corrected chi connectivity index (χ4v) is 3.37. The van der Waals surface area contributed by atoms with Gasteiger partial charge in [0.1, 0.15) is 0 Å². The van der Waals surface area contributed by atoms with Gasteiger partial charge in [-0.1, -0.05) is 56.3 Å². The van der Waals surface area contributed by atoms with E-state index in [1.807, 2.05) is 43.9 Å². The number of rotatable bonds is 7. The molecule has 162 valence electrons. The average molecular weight is 413 g/mol. The summed E-state index contributed by atoms with van der Waals surface area (Å²) in [5.74, 6) is 2.35. The second-order valence-corrected chi connectivity index (χ2v) is 8.72. The van der Waals surface area contributed by atoms with Crippen molar-refractivity contribution in [2.45, 2.75) is 45.6 Å². The fourth-order valence-electron chi connectivity index (χ4n) is 3.37. The lowest BCUT2D eigenvalue weighted by Gasteiger charge is -2.17. The summed E-state index contributed by atoms with van der Waals surface area (Å²) in [6, 6.07) is 10.3. The molecule has 0 bridgehead atoms. The van der Waals surface area contributed by atoms with Crippen molar-refractivity contribution in [2.24, 2.45) is 10.9 Å². The van der Waals surface area contributed by atoms with Gasteiger partial charge in [-0.3, -0.25) is 9.79 Å². The zero-order valence-corrected chi connectivity index (χ0v) is 18.3. The SMILES string of the molecule is CN=C(NCc1noc(C(C)(C)C)n1)NCC1CC(=O)N(CCc2ccccc2)C1. The van der Waals surface area contributed by atoms with Gasteiger partial charge in [0.15, 0.2) is 11.8 Å². The quantitative estimate of drug-likeness (QED) is 0.534. The van der Waals surface area contributed by atoms with Crippen molar-refractivity contribution in [3.05, 3.63) is 47.6 Å². The maximum absolute atomic E-state index is 12.3. The monoisotopic (exact) mass is 412 g/mol. The number of amides is 1. The van der Waals surface area contributed by atoms with Crippen molar-refractivity contribution in [2.75, 3.05) is 26.7 Å². The van der Waals surface area contributed by atoms with Crippen LogP contribution >= 0.6 is 0 Å². The molecule has 1 aromatic carbocycles. The Labute approximate surface area is 178 Å². The first kappa shape index (κ1) is 21.8. The van der Waals surface area contributed by atoms with E-state index in [1.54, 1.807) is 7.05 Å². The van der Waals surface area contributed by atoms with Gasteiger partial charge in [-0.2, -0.15) is 4.98 Å². The highest BCUT2D eigenvalue weighted by molar-refractivity contribution is 5.80. The van der Waals surface area contributed by atoms with Gasteiger partial charge in [0.05, 0.1) is 6.54 Å². The number of aliphatic imine (C=N–C) groups is 1. The molecule has 2 heterocycles. The largest absolute Gasteiger partial charge is 0.356 e. The highest BCUT2D eigenvalue weighted by Gasteiger charge is 2.29. The first-order valence-electron chi connectivity index (χ1n) is 10.4. The van der Waals surface area contributed by atoms with Crippen molar-refractivity contribution in [3.8, 4) is 0 Å². The molecule has 1 unspecified atom stereocenters. The molecule has 0 saturated carbocycles. The Hall–Kier alpha value is -2.90. The highest BCUT2D eigenvalue weighted by atomic mass is 16.5. The molecule has 1 aliphatic heterocycles. The van der Waals surface area contributed by atoms with Crippen LogP contribution in [0.5, 0.6) is 0 Å². The molecule has 2 N–H and O–H groups in total. The molecule has 3 rings (SSSR count). The smallest absolute Gasteiger partial charge is 0.232 e. The lowest BCUT2D eigenvalue weighted by molar-refractivity contribution is -0.127. The van der Waals surface area contributed by atoms with Crippen LogP contribution in [0.2, 0.25) is 0 Å². The highest BCUT2D eigenvalue weighted by Crippen LogP contribution is 2.19. The van der Waals surface area contributed by atoms with Gasteiger partial charge in [0.25, 0.3) is 0 Å². The van der Waals surface area contributed by atoms with Gasteiger partial charge in [-0.05, 0) is 12.0 Å². The molecule has 0 spiro atoms. The van der Waals surface area contributed by atoms with Gasteiger partial charge < -0.3 is 20.1 Å². The minimum atomic E-state index is -0.174. The van der Waals surface area contributed by atoms with E-state index in [4.69, 9.17) is 4.52 Å². The van der Waals surface area contributed by atoms with Gasteiger partial charge in [-0.25, -0.2) is 0 Å². The molecule has 8 nitrogen and oxygen atoms in total. The van der Waals surface area contributed by atoms with Crippen molar-refractivity contribution in [1.82, 2.24) is 25.7 Å². The molecule has 1 fully saturated rings. The molecule has 1 amide bonds. The molecule has 0 aliphatic carbocycles. The summed E-state index contributed by atoms with van der Waals surface area (Å²) in [5.41, 5.74) is 1.08. The summed E-state index contributed by atoms with van der Waals surface area (Å²) < 4.78 is 5.31. The average Bonchev–Trinajstić information content (AvgIpc) is 3.34. The van der Waals surface area contributed by atoms with Gasteiger partial charge in [0, 0.05) is 44.4 Å². The van der Waals surface area contributed by atoms with E-state index in [0.29, 0.717) is 37.2 Å². The number of carbonyl (C=O) groups is 1. The second-order valence-electron chi connectivity index (χ2n) is 8.72. The van der Waals surface area contributed by atoms with E-state index >= 15 is 0 Å². The van der Waals surface area contributed by atoms with Crippen LogP contribution in [0.15, 0.2) is 39.8 Å². The van der Waals surface area contributed by atoms with Crippen molar-refractivity contribution in [1.29, 1.82) is 0 Å². The van der Waals surface area contributed by atoms with Gasteiger partial charge >= 0.3 is 0 Å². The molecule has 8 heteroatoms. The Bertz CT molecular complexity index is 856. The first-order chi connectivity index (χ1) is 14.3. The molecular weight excluding hydrogens is 380 g/mol. The number of nitrogens with one attached hydrogen (secondary N) is 2. The Morgan fingerprint density at radius 1 is 1.27 bits per heavy atom. The number of nitrogens with zero attached hydrogens (tertiary/aromatic N) is 4. The molecule has 1 aromatic heterocycles. The molecule has 1 saturated heterocycles. The van der Waals surface area contributed by atoms with Crippen LogP contribution in [-0.4, -0.2) is 53.6 Å². The minimum absolute atomic E-state index is 0.174. The van der Waals surface area contributed by atoms with Gasteiger partial charge in [-0.15, -0.1) is 0 Å². The predicted molar refractivity (Wildman–Crippen MR) is 116 cm³/mol. The van der Waals surface area contributed by atoms with Crippen LogP contribution in [0.3, 0.4) is 0 Å². The number of guanidine groups is 1. The predicted octanol–water partition coefficient (Wildman–Crippen LogP) is 2.12. The van der Waals surface area contributed by atoms with Gasteiger partial charge in [0.2, 0.25) is 11.8 Å². The molecule has 1 atom stereocenters. The number of likely N-dealkylation sites (tertiary alicyclic amines) is 1. The molecule has 1 aliphatic rings. The maximum Gasteiger partial charge on any atom is 0.232 e. The third-order valence-corrected chi connectivity index (χ3v) is 5.11. The minimum Gasteiger partial charge on any atom is -0.356 e. The Balaban J connectivity index is 1.41. The molecular formula is C22H32N6O2. The Morgan fingerprint density at radius 2 is 2.03 bits per heavy atom. The Kier molecular flexibility index (Phi) is 7.07. The van der Waals surface area contributed by atoms with E-state index in [9.17, 15) is 4.79 Å². The maximum atomic E-state index is 12.3. The summed E-state index contributed by atoms with van der Waals surface area (Å²) in [6.45, 7) is 8.74. The second kappa shape index (κ2) is 9.73. The summed E-state index contributed by atoms with van der Waals surface area (Å²) in [6.07, 6.45) is 1.45. The zero-order chi connectivity index (χ0) is 21.6. The summed E-state index contributed by atoms with van der Waals surface area (Å²) in [4.78, 5) is 23.0. The fraction of sp³-hybridized carbons (Fsp3) is 0.545. The molecule has 2 aromatic rings. The molecule has 30 heavy (non-hydrogen) atoms. The van der Waals surface area contributed by atoms with Crippen molar-refractivity contribution in [3.63, 3.8) is 0 Å². The third-order valence-electron chi connectivity index (χ3n) is 5.11. The van der Waals surface area contributed by atoms with Crippen molar-refractivity contribution < 1.29 is 9.32 Å². The Morgan fingerprint density at radius 3 is 2.70 bits per heavy atom. The van der Waals surface area contributed by atoms with E-state index < -0.39 is 0 Å². The van der Waals surface area contributed by atoms with Crippen LogP contribution in [0.25, 0.3) is 0 Å². The summed E-state index contributed by atoms with van der Waals surface area (Å²) in [7, 11) is 1.72. The topological polar surface area (TPSA) is 95.6 Å². The van der Waals surface area contributed by atoms with Crippen molar-refractivity contribution >= 4 is 11.9 Å². The van der Waals surface area contributed by atoms with E-state index in [2.05, 4.69) is 37.9 Å². The number of hydrogen-bond donors (Lipinski definition) is 2. The standard InChI is InChI=1S/C22H32N6O2/c1-22(2,3)20-26-18(27-30-20)14-25-21(23-4)24-13-17-12-19(29)28(15-17)11-10-16-8-6-5-7-9-16/h5-9,17H,10-15H2,1-4H3,(H2,23,24,25). The van der Waals surface area contributed by atoms with Crippen LogP contribution < -0.4 is 10.6 Å². The third kappa shape index (κ3) is 6.05. The normalized spacial score (nSPS) is 17.5. The summed E-state index contributed by atoms with van der Waals surface area (Å²) in [5, 5.41) is 10.5.